The molecule has 1 N–H and O–H groups in total. The van der Waals surface area contributed by atoms with Crippen LogP contribution in [0.5, 0.6) is 0 Å². The quantitative estimate of drug-likeness (QED) is 0.749. The van der Waals surface area contributed by atoms with Gasteiger partial charge in [0.15, 0.2) is 11.6 Å². The fraction of sp³-hybridized carbons (Fsp3) is 0.529. The van der Waals surface area contributed by atoms with Crippen molar-refractivity contribution in [3.05, 3.63) is 41.6 Å². The van der Waals surface area contributed by atoms with Crippen molar-refractivity contribution < 1.29 is 9.26 Å². The van der Waals surface area contributed by atoms with E-state index in [1.165, 1.54) is 0 Å². The number of anilines is 1. The molecule has 3 rings (SSSR count). The summed E-state index contributed by atoms with van der Waals surface area (Å²) >= 11 is 0. The monoisotopic (exact) mass is 331 g/mol. The zero-order valence-corrected chi connectivity index (χ0v) is 14.4. The molecule has 0 saturated carbocycles. The Morgan fingerprint density at radius 1 is 1.38 bits per heavy atom. The molecule has 24 heavy (non-hydrogen) atoms. The molecule has 0 amide bonds. The van der Waals surface area contributed by atoms with E-state index in [-0.39, 0.29) is 0 Å². The second-order valence-corrected chi connectivity index (χ2v) is 5.98. The molecule has 2 aromatic rings. The lowest BCUT2D eigenvalue weighted by atomic mass is 10.2. The Bertz CT molecular complexity index is 663. The Hall–Kier alpha value is -2.28. The molecular formula is C17H25N5O2. The molecule has 1 aliphatic rings. The van der Waals surface area contributed by atoms with E-state index in [0.29, 0.717) is 6.54 Å². The van der Waals surface area contributed by atoms with Crippen molar-refractivity contribution in [2.24, 2.45) is 0 Å². The molecule has 7 nitrogen and oxygen atoms in total. The predicted octanol–water partition coefficient (Wildman–Crippen LogP) is 2.47. The van der Waals surface area contributed by atoms with Crippen molar-refractivity contribution in [2.45, 2.75) is 33.2 Å². The SMILES string of the molecule is CCOCCCc1cc(N2CC=CN(Cc3cc(C)no3)C2)n[nH]1. The number of nitrogens with zero attached hydrogens (tertiary/aromatic N) is 4. The molecule has 0 saturated heterocycles. The van der Waals surface area contributed by atoms with Gasteiger partial charge in [0.25, 0.3) is 0 Å². The van der Waals surface area contributed by atoms with Crippen LogP contribution in [-0.4, -0.2) is 46.7 Å². The van der Waals surface area contributed by atoms with E-state index in [9.17, 15) is 0 Å². The van der Waals surface area contributed by atoms with Gasteiger partial charge in [-0.05, 0) is 39.0 Å². The summed E-state index contributed by atoms with van der Waals surface area (Å²) in [6, 6.07) is 4.10. The highest BCUT2D eigenvalue weighted by Crippen LogP contribution is 2.18. The van der Waals surface area contributed by atoms with Gasteiger partial charge in [0, 0.05) is 37.6 Å². The summed E-state index contributed by atoms with van der Waals surface area (Å²) in [5.41, 5.74) is 2.06. The minimum absolute atomic E-state index is 0.708. The van der Waals surface area contributed by atoms with Crippen molar-refractivity contribution in [2.75, 3.05) is 31.3 Å². The molecule has 0 bridgehead atoms. The summed E-state index contributed by atoms with van der Waals surface area (Å²) < 4.78 is 10.7. The van der Waals surface area contributed by atoms with Crippen LogP contribution in [0.25, 0.3) is 0 Å². The van der Waals surface area contributed by atoms with Crippen LogP contribution in [0, 0.1) is 6.92 Å². The lowest BCUT2D eigenvalue weighted by molar-refractivity contribution is 0.145. The third kappa shape index (κ3) is 4.38. The van der Waals surface area contributed by atoms with Gasteiger partial charge in [0.1, 0.15) is 0 Å². The van der Waals surface area contributed by atoms with Gasteiger partial charge >= 0.3 is 0 Å². The lowest BCUT2D eigenvalue weighted by Crippen LogP contribution is -2.38. The average Bonchev–Trinajstić information content (AvgIpc) is 3.21. The normalized spacial score (nSPS) is 14.6. The fourth-order valence-electron chi connectivity index (χ4n) is 2.76. The maximum atomic E-state index is 5.38. The summed E-state index contributed by atoms with van der Waals surface area (Å²) in [5, 5.41) is 11.5. The van der Waals surface area contributed by atoms with Crippen molar-refractivity contribution >= 4 is 5.82 Å². The molecule has 0 radical (unpaired) electrons. The van der Waals surface area contributed by atoms with Gasteiger partial charge < -0.3 is 19.1 Å². The molecule has 1 aliphatic heterocycles. The predicted molar refractivity (Wildman–Crippen MR) is 91.5 cm³/mol. The first-order valence-corrected chi connectivity index (χ1v) is 8.44. The first kappa shape index (κ1) is 16.6. The molecule has 0 aromatic carbocycles. The van der Waals surface area contributed by atoms with Crippen molar-refractivity contribution in [3.8, 4) is 0 Å². The van der Waals surface area contributed by atoms with Gasteiger partial charge in [-0.2, -0.15) is 5.10 Å². The topological polar surface area (TPSA) is 70.4 Å². The van der Waals surface area contributed by atoms with Crippen LogP contribution in [0.4, 0.5) is 5.82 Å². The second-order valence-electron chi connectivity index (χ2n) is 5.98. The molecule has 0 aliphatic carbocycles. The summed E-state index contributed by atoms with van der Waals surface area (Å²) in [5.74, 6) is 1.85. The molecule has 0 atom stereocenters. The maximum Gasteiger partial charge on any atom is 0.156 e. The lowest BCUT2D eigenvalue weighted by Gasteiger charge is -2.32. The third-order valence-corrected chi connectivity index (χ3v) is 3.91. The van der Waals surface area contributed by atoms with Gasteiger partial charge in [-0.3, -0.25) is 5.10 Å². The molecule has 0 fully saturated rings. The van der Waals surface area contributed by atoms with E-state index in [0.717, 1.165) is 62.2 Å². The van der Waals surface area contributed by atoms with Gasteiger partial charge in [0.05, 0.1) is 18.9 Å². The number of aromatic amines is 1. The number of nitrogens with one attached hydrogen (secondary N) is 1. The van der Waals surface area contributed by atoms with E-state index >= 15 is 0 Å². The largest absolute Gasteiger partial charge is 0.382 e. The van der Waals surface area contributed by atoms with Gasteiger partial charge in [-0.1, -0.05) is 5.16 Å². The minimum Gasteiger partial charge on any atom is -0.382 e. The molecule has 2 aromatic heterocycles. The maximum absolute atomic E-state index is 5.38. The first-order valence-electron chi connectivity index (χ1n) is 8.44. The Kier molecular flexibility index (Phi) is 5.53. The Morgan fingerprint density at radius 3 is 3.08 bits per heavy atom. The van der Waals surface area contributed by atoms with Crippen molar-refractivity contribution in [3.63, 3.8) is 0 Å². The number of hydrogen-bond acceptors (Lipinski definition) is 6. The van der Waals surface area contributed by atoms with E-state index in [2.05, 4.69) is 43.5 Å². The molecular weight excluding hydrogens is 306 g/mol. The second kappa shape index (κ2) is 8.01. The van der Waals surface area contributed by atoms with Crippen LogP contribution in [-0.2, 0) is 17.7 Å². The number of hydrogen-bond donors (Lipinski definition) is 1. The van der Waals surface area contributed by atoms with E-state index < -0.39 is 0 Å². The van der Waals surface area contributed by atoms with Crippen LogP contribution >= 0.6 is 0 Å². The highest BCUT2D eigenvalue weighted by molar-refractivity contribution is 5.41. The fourth-order valence-corrected chi connectivity index (χ4v) is 2.76. The third-order valence-electron chi connectivity index (χ3n) is 3.91. The van der Waals surface area contributed by atoms with Crippen LogP contribution in [0.2, 0.25) is 0 Å². The van der Waals surface area contributed by atoms with Gasteiger partial charge in [-0.15, -0.1) is 0 Å². The number of rotatable bonds is 8. The molecule has 0 spiro atoms. The summed E-state index contributed by atoms with van der Waals surface area (Å²) in [6.07, 6.45) is 6.20. The first-order chi connectivity index (χ1) is 11.7. The Labute approximate surface area is 142 Å². The number of aromatic nitrogens is 3. The molecule has 130 valence electrons. The van der Waals surface area contributed by atoms with Gasteiger partial charge in [0.2, 0.25) is 0 Å². The summed E-state index contributed by atoms with van der Waals surface area (Å²) in [4.78, 5) is 4.42. The average molecular weight is 331 g/mol. The zero-order chi connectivity index (χ0) is 16.8. The summed E-state index contributed by atoms with van der Waals surface area (Å²) in [6.45, 7) is 7.86. The van der Waals surface area contributed by atoms with Gasteiger partial charge in [-0.25, -0.2) is 0 Å². The molecule has 7 heteroatoms. The Balaban J connectivity index is 1.53. The van der Waals surface area contributed by atoms with Crippen LogP contribution < -0.4 is 4.90 Å². The van der Waals surface area contributed by atoms with E-state index in [1.54, 1.807) is 0 Å². The Morgan fingerprint density at radius 2 is 2.29 bits per heavy atom. The van der Waals surface area contributed by atoms with Crippen LogP contribution in [0.15, 0.2) is 28.9 Å². The minimum atomic E-state index is 0.708. The zero-order valence-electron chi connectivity index (χ0n) is 14.4. The van der Waals surface area contributed by atoms with E-state index in [1.807, 2.05) is 19.9 Å². The standard InChI is InChI=1S/C17H25N5O2/c1-3-23-9-4-6-15-11-17(19-18-15)22-8-5-7-21(13-22)12-16-10-14(2)20-24-16/h5,7,10-11H,3-4,6,8-9,12-13H2,1-2H3,(H,18,19). The highest BCUT2D eigenvalue weighted by Gasteiger charge is 2.17. The smallest absolute Gasteiger partial charge is 0.156 e. The number of H-pyrrole nitrogens is 1. The molecule has 0 unspecified atom stereocenters. The number of ether oxygens (including phenoxy) is 1. The highest BCUT2D eigenvalue weighted by atomic mass is 16.5. The van der Waals surface area contributed by atoms with E-state index in [4.69, 9.17) is 9.26 Å². The van der Waals surface area contributed by atoms with Crippen LogP contribution in [0.1, 0.15) is 30.5 Å². The van der Waals surface area contributed by atoms with Crippen molar-refractivity contribution in [1.29, 1.82) is 0 Å². The molecule has 3 heterocycles. The number of aryl methyl sites for hydroxylation is 2. The van der Waals surface area contributed by atoms with Crippen LogP contribution in [0.3, 0.4) is 0 Å². The van der Waals surface area contributed by atoms with Crippen molar-refractivity contribution in [1.82, 2.24) is 20.3 Å². The summed E-state index contributed by atoms with van der Waals surface area (Å²) in [7, 11) is 0.